The summed E-state index contributed by atoms with van der Waals surface area (Å²) in [5.41, 5.74) is 2.98. The minimum atomic E-state index is -0.750. The number of benzene rings is 2. The lowest BCUT2D eigenvalue weighted by Gasteiger charge is -2.24. The zero-order valence-electron chi connectivity index (χ0n) is 15.9. The fourth-order valence-electron chi connectivity index (χ4n) is 3.32. The van der Waals surface area contributed by atoms with Gasteiger partial charge in [0, 0.05) is 21.8 Å². The normalized spacial score (nSPS) is 15.4. The molecule has 7 nitrogen and oxygen atoms in total. The van der Waals surface area contributed by atoms with Crippen molar-refractivity contribution in [2.45, 2.75) is 19.4 Å². The summed E-state index contributed by atoms with van der Waals surface area (Å²) in [5, 5.41) is 10.9. The van der Waals surface area contributed by atoms with Crippen LogP contribution in [0.15, 0.2) is 48.5 Å². The van der Waals surface area contributed by atoms with Crippen LogP contribution in [-0.2, 0) is 9.59 Å². The van der Waals surface area contributed by atoms with Crippen molar-refractivity contribution in [1.29, 1.82) is 0 Å². The Kier molecular flexibility index (Phi) is 4.98. The second kappa shape index (κ2) is 7.60. The van der Waals surface area contributed by atoms with Crippen LogP contribution in [0.2, 0.25) is 5.02 Å². The molecule has 1 aliphatic heterocycles. The average molecular weight is 411 g/mol. The number of hydrogen-bond acceptors (Lipinski definition) is 4. The number of nitrogens with one attached hydrogen (secondary N) is 2. The summed E-state index contributed by atoms with van der Waals surface area (Å²) in [6.07, 6.45) is 0.00952. The number of carbonyl (C=O) groups is 2. The van der Waals surface area contributed by atoms with Crippen molar-refractivity contribution < 1.29 is 14.3 Å². The molecule has 0 radical (unpaired) electrons. The van der Waals surface area contributed by atoms with E-state index in [-0.39, 0.29) is 18.2 Å². The largest absolute Gasteiger partial charge is 0.497 e. The maximum absolute atomic E-state index is 12.9. The van der Waals surface area contributed by atoms with Crippen LogP contribution in [0.4, 0.5) is 11.5 Å². The van der Waals surface area contributed by atoms with Crippen LogP contribution in [0, 0.1) is 6.92 Å². The van der Waals surface area contributed by atoms with E-state index in [1.807, 2.05) is 31.2 Å². The first-order valence-corrected chi connectivity index (χ1v) is 9.44. The van der Waals surface area contributed by atoms with E-state index in [0.29, 0.717) is 22.2 Å². The summed E-state index contributed by atoms with van der Waals surface area (Å²) in [5.74, 6) is 0.734. The molecule has 0 saturated carbocycles. The molecule has 8 heteroatoms. The van der Waals surface area contributed by atoms with Gasteiger partial charge in [0.25, 0.3) is 0 Å². The Labute approximate surface area is 172 Å². The van der Waals surface area contributed by atoms with Crippen molar-refractivity contribution >= 4 is 34.9 Å². The number of aromatic nitrogens is 2. The molecule has 1 aliphatic rings. The van der Waals surface area contributed by atoms with Gasteiger partial charge in [-0.25, -0.2) is 4.68 Å². The molecule has 1 aromatic heterocycles. The van der Waals surface area contributed by atoms with E-state index in [0.717, 1.165) is 16.9 Å². The van der Waals surface area contributed by atoms with Crippen molar-refractivity contribution in [2.24, 2.45) is 0 Å². The van der Waals surface area contributed by atoms with Gasteiger partial charge in [-0.1, -0.05) is 11.6 Å². The van der Waals surface area contributed by atoms with Crippen LogP contribution in [0.1, 0.15) is 18.0 Å². The summed E-state index contributed by atoms with van der Waals surface area (Å²) in [4.78, 5) is 25.2. The molecule has 3 aromatic rings. The number of nitrogens with zero attached hydrogens (tertiary/aromatic N) is 2. The van der Waals surface area contributed by atoms with Crippen LogP contribution in [0.5, 0.6) is 5.75 Å². The fourth-order valence-corrected chi connectivity index (χ4v) is 3.45. The van der Waals surface area contributed by atoms with E-state index in [1.54, 1.807) is 36.1 Å². The highest BCUT2D eigenvalue weighted by Crippen LogP contribution is 2.35. The van der Waals surface area contributed by atoms with Gasteiger partial charge in [-0.2, -0.15) is 5.10 Å². The Bertz CT molecular complexity index is 1070. The minimum Gasteiger partial charge on any atom is -0.497 e. The fraction of sp³-hybridized carbons (Fsp3) is 0.190. The smallest absolute Gasteiger partial charge is 0.249 e. The number of methoxy groups -OCH3 is 1. The van der Waals surface area contributed by atoms with Crippen molar-refractivity contribution in [3.05, 3.63) is 59.1 Å². The lowest BCUT2D eigenvalue weighted by molar-refractivity contribution is -0.125. The third-order valence-electron chi connectivity index (χ3n) is 4.86. The molecule has 2 aromatic carbocycles. The van der Waals surface area contributed by atoms with E-state index >= 15 is 0 Å². The monoisotopic (exact) mass is 410 g/mol. The average Bonchev–Trinajstić information content (AvgIpc) is 3.05. The maximum atomic E-state index is 12.9. The predicted octanol–water partition coefficient (Wildman–Crippen LogP) is 4.04. The molecular formula is C21H19ClN4O3. The molecule has 2 N–H and O–H groups in total. The third kappa shape index (κ3) is 3.69. The highest BCUT2D eigenvalue weighted by atomic mass is 35.5. The summed E-state index contributed by atoms with van der Waals surface area (Å²) in [6.45, 7) is 1.87. The van der Waals surface area contributed by atoms with Crippen LogP contribution >= 0.6 is 11.6 Å². The topological polar surface area (TPSA) is 85.2 Å². The first kappa shape index (κ1) is 19.0. The van der Waals surface area contributed by atoms with Gasteiger partial charge in [0.1, 0.15) is 17.6 Å². The van der Waals surface area contributed by atoms with Gasteiger partial charge in [0.2, 0.25) is 11.8 Å². The summed E-state index contributed by atoms with van der Waals surface area (Å²) in [6, 6.07) is 13.5. The summed E-state index contributed by atoms with van der Waals surface area (Å²) >= 11 is 5.89. The Balaban J connectivity index is 1.67. The van der Waals surface area contributed by atoms with Gasteiger partial charge in [0.05, 0.1) is 19.2 Å². The van der Waals surface area contributed by atoms with E-state index in [2.05, 4.69) is 15.7 Å². The van der Waals surface area contributed by atoms with Gasteiger partial charge >= 0.3 is 0 Å². The SMILES string of the molecule is COc1ccc(-c2nn3c(c2C)NC(=O)C[C@@H]3C(=O)Nc2ccc(Cl)cc2)cc1. The molecule has 0 fully saturated rings. The van der Waals surface area contributed by atoms with E-state index in [4.69, 9.17) is 16.3 Å². The third-order valence-corrected chi connectivity index (χ3v) is 5.11. The van der Waals surface area contributed by atoms with Gasteiger partial charge < -0.3 is 15.4 Å². The molecule has 0 spiro atoms. The van der Waals surface area contributed by atoms with Crippen LogP contribution in [0.3, 0.4) is 0 Å². The number of anilines is 2. The zero-order chi connectivity index (χ0) is 20.5. The van der Waals surface area contributed by atoms with Crippen molar-refractivity contribution in [3.63, 3.8) is 0 Å². The highest BCUT2D eigenvalue weighted by molar-refractivity contribution is 6.30. The molecule has 29 heavy (non-hydrogen) atoms. The number of carbonyl (C=O) groups excluding carboxylic acids is 2. The van der Waals surface area contributed by atoms with Crippen LogP contribution in [-0.4, -0.2) is 28.7 Å². The summed E-state index contributed by atoms with van der Waals surface area (Å²) < 4.78 is 6.78. The second-order valence-electron chi connectivity index (χ2n) is 6.76. The number of ether oxygens (including phenoxy) is 1. The minimum absolute atomic E-state index is 0.00952. The molecule has 0 unspecified atom stereocenters. The second-order valence-corrected chi connectivity index (χ2v) is 7.20. The molecule has 0 aliphatic carbocycles. The highest BCUT2D eigenvalue weighted by Gasteiger charge is 2.34. The number of rotatable bonds is 4. The van der Waals surface area contributed by atoms with Crippen LogP contribution < -0.4 is 15.4 Å². The van der Waals surface area contributed by atoms with Crippen LogP contribution in [0.25, 0.3) is 11.3 Å². The molecule has 0 bridgehead atoms. The molecule has 1 atom stereocenters. The van der Waals surface area contributed by atoms with Crippen molar-refractivity contribution in [3.8, 4) is 17.0 Å². The number of fused-ring (bicyclic) bond motifs is 1. The predicted molar refractivity (Wildman–Crippen MR) is 111 cm³/mol. The maximum Gasteiger partial charge on any atom is 0.249 e. The standard InChI is InChI=1S/C21H19ClN4O3/c1-12-19(13-3-9-16(29-2)10-4-13)25-26-17(11-18(27)24-20(12)26)21(28)23-15-7-5-14(22)6-8-15/h3-10,17H,11H2,1-2H3,(H,23,28)(H,24,27)/t17-/m1/s1. The Hall–Kier alpha value is -3.32. The molecule has 4 rings (SSSR count). The number of amides is 2. The first-order chi connectivity index (χ1) is 14.0. The van der Waals surface area contributed by atoms with E-state index < -0.39 is 6.04 Å². The Morgan fingerprint density at radius 1 is 1.21 bits per heavy atom. The molecule has 2 heterocycles. The Morgan fingerprint density at radius 2 is 1.90 bits per heavy atom. The Morgan fingerprint density at radius 3 is 2.55 bits per heavy atom. The van der Waals surface area contributed by atoms with Crippen molar-refractivity contribution in [1.82, 2.24) is 9.78 Å². The first-order valence-electron chi connectivity index (χ1n) is 9.06. The van der Waals surface area contributed by atoms with Gasteiger partial charge in [-0.3, -0.25) is 9.59 Å². The quantitative estimate of drug-likeness (QED) is 0.679. The van der Waals surface area contributed by atoms with E-state index in [1.165, 1.54) is 0 Å². The lowest BCUT2D eigenvalue weighted by atomic mass is 10.1. The number of hydrogen-bond donors (Lipinski definition) is 2. The molecule has 148 valence electrons. The van der Waals surface area contributed by atoms with Gasteiger partial charge in [0.15, 0.2) is 0 Å². The van der Waals surface area contributed by atoms with Gasteiger partial charge in [-0.15, -0.1) is 0 Å². The van der Waals surface area contributed by atoms with Gasteiger partial charge in [-0.05, 0) is 55.5 Å². The lowest BCUT2D eigenvalue weighted by Crippen LogP contribution is -2.35. The number of halogens is 1. The molecule has 0 saturated heterocycles. The zero-order valence-corrected chi connectivity index (χ0v) is 16.7. The summed E-state index contributed by atoms with van der Waals surface area (Å²) in [7, 11) is 1.61. The van der Waals surface area contributed by atoms with E-state index in [9.17, 15) is 9.59 Å². The molecule has 2 amide bonds. The van der Waals surface area contributed by atoms with Crippen molar-refractivity contribution in [2.75, 3.05) is 17.7 Å². The molecular weight excluding hydrogens is 392 g/mol.